The second-order valence-electron chi connectivity index (χ2n) is 2.44. The Labute approximate surface area is 96.7 Å². The predicted molar refractivity (Wildman–Crippen MR) is 55.1 cm³/mol. The van der Waals surface area contributed by atoms with Gasteiger partial charge in [-0.05, 0) is 22.6 Å². The quantitative estimate of drug-likeness (QED) is 0.370. The molecule has 0 amide bonds. The number of aromatic nitrogens is 1. The van der Waals surface area contributed by atoms with Crippen LogP contribution < -0.4 is 4.74 Å². The van der Waals surface area contributed by atoms with Crippen molar-refractivity contribution in [3.8, 4) is 5.75 Å². The molecule has 82 valence electrons. The van der Waals surface area contributed by atoms with Crippen molar-refractivity contribution in [2.75, 3.05) is 7.11 Å². The first-order valence-electron chi connectivity index (χ1n) is 3.64. The van der Waals surface area contributed by atoms with Crippen LogP contribution in [0.25, 0.3) is 0 Å². The third-order valence-electron chi connectivity index (χ3n) is 1.56. The Balaban J connectivity index is 3.47. The van der Waals surface area contributed by atoms with Gasteiger partial charge in [0.25, 0.3) is 6.43 Å². The van der Waals surface area contributed by atoms with Gasteiger partial charge in [0.1, 0.15) is 3.70 Å². The Kier molecular flexibility index (Phi) is 3.72. The summed E-state index contributed by atoms with van der Waals surface area (Å²) < 4.78 is 29.8. The van der Waals surface area contributed by atoms with E-state index in [0.717, 1.165) is 0 Å². The van der Waals surface area contributed by atoms with Crippen LogP contribution in [0.4, 0.5) is 14.5 Å². The highest BCUT2D eigenvalue weighted by Crippen LogP contribution is 2.35. The van der Waals surface area contributed by atoms with Gasteiger partial charge >= 0.3 is 5.69 Å². The molecule has 0 aromatic carbocycles. The number of methoxy groups -OCH3 is 1. The summed E-state index contributed by atoms with van der Waals surface area (Å²) in [5.41, 5.74) is -1.66. The fraction of sp³-hybridized carbons (Fsp3) is 0.286. The lowest BCUT2D eigenvalue weighted by Gasteiger charge is -2.06. The largest absolute Gasteiger partial charge is 0.490 e. The maximum Gasteiger partial charge on any atom is 0.338 e. The number of hydrogen-bond acceptors (Lipinski definition) is 4. The van der Waals surface area contributed by atoms with Gasteiger partial charge in [0.05, 0.1) is 12.0 Å². The topological polar surface area (TPSA) is 65.3 Å². The zero-order chi connectivity index (χ0) is 11.6. The second kappa shape index (κ2) is 4.64. The molecule has 1 rings (SSSR count). The minimum atomic E-state index is -3.01. The van der Waals surface area contributed by atoms with Crippen molar-refractivity contribution < 1.29 is 18.4 Å². The summed E-state index contributed by atoms with van der Waals surface area (Å²) in [6.45, 7) is 0. The molecule has 0 saturated carbocycles. The number of pyridine rings is 1. The minimum absolute atomic E-state index is 0.213. The van der Waals surface area contributed by atoms with Gasteiger partial charge in [-0.3, -0.25) is 10.1 Å². The van der Waals surface area contributed by atoms with Crippen LogP contribution in [-0.2, 0) is 0 Å². The van der Waals surface area contributed by atoms with Gasteiger partial charge in [-0.15, -0.1) is 0 Å². The summed E-state index contributed by atoms with van der Waals surface area (Å²) in [5.74, 6) is -0.213. The Morgan fingerprint density at radius 1 is 1.67 bits per heavy atom. The number of rotatable bonds is 3. The zero-order valence-corrected chi connectivity index (χ0v) is 9.57. The van der Waals surface area contributed by atoms with E-state index in [1.165, 1.54) is 13.2 Å². The van der Waals surface area contributed by atoms with Crippen molar-refractivity contribution in [3.05, 3.63) is 25.6 Å². The number of nitro groups is 1. The van der Waals surface area contributed by atoms with Crippen LogP contribution >= 0.6 is 22.6 Å². The normalized spacial score (nSPS) is 10.5. The summed E-state index contributed by atoms with van der Waals surface area (Å²) in [6, 6.07) is 1.23. The molecule has 0 spiro atoms. The monoisotopic (exact) mass is 330 g/mol. The van der Waals surface area contributed by atoms with Gasteiger partial charge in [0, 0.05) is 6.07 Å². The first-order valence-corrected chi connectivity index (χ1v) is 4.72. The van der Waals surface area contributed by atoms with E-state index in [-0.39, 0.29) is 9.45 Å². The summed E-state index contributed by atoms with van der Waals surface area (Å²) in [5, 5.41) is 10.6. The van der Waals surface area contributed by atoms with Crippen LogP contribution in [0, 0.1) is 13.8 Å². The van der Waals surface area contributed by atoms with Crippen LogP contribution in [0.5, 0.6) is 5.75 Å². The fourth-order valence-electron chi connectivity index (χ4n) is 0.994. The molecule has 1 heterocycles. The van der Waals surface area contributed by atoms with Crippen molar-refractivity contribution >= 4 is 28.3 Å². The molecule has 1 aromatic rings. The van der Waals surface area contributed by atoms with Gasteiger partial charge in [-0.1, -0.05) is 0 Å². The molecule has 0 aliphatic heterocycles. The van der Waals surface area contributed by atoms with Crippen molar-refractivity contribution in [1.29, 1.82) is 0 Å². The maximum absolute atomic E-state index is 12.5. The number of ether oxygens (including phenoxy) is 1. The summed E-state index contributed by atoms with van der Waals surface area (Å²) in [4.78, 5) is 13.1. The lowest BCUT2D eigenvalue weighted by atomic mass is 10.3. The number of alkyl halides is 2. The average Bonchev–Trinajstić information content (AvgIpc) is 2.15. The molecule has 0 atom stereocenters. The first kappa shape index (κ1) is 12.0. The molecule has 0 bridgehead atoms. The van der Waals surface area contributed by atoms with E-state index in [0.29, 0.717) is 0 Å². The van der Waals surface area contributed by atoms with Gasteiger partial charge in [0.2, 0.25) is 5.75 Å². The van der Waals surface area contributed by atoms with Crippen LogP contribution in [0.2, 0.25) is 0 Å². The Hall–Kier alpha value is -1.06. The molecule has 15 heavy (non-hydrogen) atoms. The lowest BCUT2D eigenvalue weighted by molar-refractivity contribution is -0.387. The number of nitrogens with zero attached hydrogens (tertiary/aromatic N) is 2. The molecule has 0 unspecified atom stereocenters. The molecular formula is C7H5F2IN2O3. The molecule has 5 nitrogen and oxygen atoms in total. The Bertz CT molecular complexity index is 400. The van der Waals surface area contributed by atoms with Crippen molar-refractivity contribution in [2.24, 2.45) is 0 Å². The molecule has 8 heteroatoms. The van der Waals surface area contributed by atoms with Crippen LogP contribution in [0.1, 0.15) is 12.1 Å². The highest BCUT2D eigenvalue weighted by molar-refractivity contribution is 14.1. The Morgan fingerprint density at radius 3 is 2.67 bits per heavy atom. The third kappa shape index (κ3) is 2.49. The highest BCUT2D eigenvalue weighted by atomic mass is 127. The van der Waals surface area contributed by atoms with Gasteiger partial charge < -0.3 is 4.74 Å². The van der Waals surface area contributed by atoms with E-state index in [9.17, 15) is 18.9 Å². The summed E-state index contributed by atoms with van der Waals surface area (Å²) in [7, 11) is 1.17. The fourth-order valence-corrected chi connectivity index (χ4v) is 1.54. The van der Waals surface area contributed by atoms with E-state index in [1.54, 1.807) is 22.6 Å². The highest BCUT2D eigenvalue weighted by Gasteiger charge is 2.29. The lowest BCUT2D eigenvalue weighted by Crippen LogP contribution is -2.03. The molecule has 0 fully saturated rings. The standard InChI is InChI=1S/C7H5F2IN2O3/c1-15-3-2-4(10)11-5(7(8)9)6(3)12(13)14/h2,7H,1H3. The summed E-state index contributed by atoms with van der Waals surface area (Å²) in [6.07, 6.45) is -3.01. The van der Waals surface area contributed by atoms with Crippen LogP contribution in [0.3, 0.4) is 0 Å². The number of hydrogen-bond donors (Lipinski definition) is 0. The number of halogens is 3. The Morgan fingerprint density at radius 2 is 2.27 bits per heavy atom. The van der Waals surface area contributed by atoms with Crippen LogP contribution in [-0.4, -0.2) is 17.0 Å². The summed E-state index contributed by atoms with van der Waals surface area (Å²) >= 11 is 1.68. The second-order valence-corrected chi connectivity index (χ2v) is 3.54. The maximum atomic E-state index is 12.5. The van der Waals surface area contributed by atoms with E-state index in [4.69, 9.17) is 0 Å². The molecule has 0 aliphatic rings. The van der Waals surface area contributed by atoms with Crippen LogP contribution in [0.15, 0.2) is 6.07 Å². The van der Waals surface area contributed by atoms with Crippen molar-refractivity contribution in [1.82, 2.24) is 4.98 Å². The molecule has 0 N–H and O–H groups in total. The smallest absolute Gasteiger partial charge is 0.338 e. The molecular weight excluding hydrogens is 325 g/mol. The van der Waals surface area contributed by atoms with E-state index in [2.05, 4.69) is 9.72 Å². The third-order valence-corrected chi connectivity index (χ3v) is 2.12. The van der Waals surface area contributed by atoms with Gasteiger partial charge in [-0.2, -0.15) is 0 Å². The van der Waals surface area contributed by atoms with Gasteiger partial charge in [-0.25, -0.2) is 13.8 Å². The average molecular weight is 330 g/mol. The van der Waals surface area contributed by atoms with Crippen molar-refractivity contribution in [3.63, 3.8) is 0 Å². The van der Waals surface area contributed by atoms with E-state index >= 15 is 0 Å². The van der Waals surface area contributed by atoms with Gasteiger partial charge in [0.15, 0.2) is 5.69 Å². The molecule has 0 radical (unpaired) electrons. The molecule has 1 aromatic heterocycles. The SMILES string of the molecule is COc1cc(I)nc(C(F)F)c1[N+](=O)[O-]. The predicted octanol–water partition coefficient (Wildman–Crippen LogP) is 2.54. The minimum Gasteiger partial charge on any atom is -0.490 e. The van der Waals surface area contributed by atoms with E-state index < -0.39 is 22.7 Å². The molecule has 0 aliphatic carbocycles. The first-order chi connectivity index (χ1) is 6.97. The van der Waals surface area contributed by atoms with E-state index in [1.807, 2.05) is 0 Å². The van der Waals surface area contributed by atoms with Crippen molar-refractivity contribution in [2.45, 2.75) is 6.43 Å². The zero-order valence-electron chi connectivity index (χ0n) is 7.41. The molecule has 0 saturated heterocycles.